The van der Waals surface area contributed by atoms with E-state index in [1.807, 2.05) is 13.8 Å². The zero-order valence-electron chi connectivity index (χ0n) is 16.9. The van der Waals surface area contributed by atoms with Crippen LogP contribution >= 0.6 is 23.4 Å². The molecule has 2 aromatic rings. The number of imide groups is 1. The Morgan fingerprint density at radius 3 is 2.61 bits per heavy atom. The van der Waals surface area contributed by atoms with Gasteiger partial charge in [-0.2, -0.15) is 0 Å². The van der Waals surface area contributed by atoms with Crippen molar-refractivity contribution < 1.29 is 23.5 Å². The van der Waals surface area contributed by atoms with Crippen LogP contribution < -0.4 is 10.1 Å². The molecule has 0 aromatic heterocycles. The summed E-state index contributed by atoms with van der Waals surface area (Å²) in [6.45, 7) is 3.55. The maximum atomic E-state index is 13.2. The average Bonchev–Trinajstić information content (AvgIpc) is 2.99. The van der Waals surface area contributed by atoms with Crippen LogP contribution in [-0.4, -0.2) is 34.6 Å². The highest BCUT2D eigenvalue weighted by molar-refractivity contribution is 8.18. The molecule has 0 saturated carbocycles. The van der Waals surface area contributed by atoms with Gasteiger partial charge >= 0.3 is 0 Å². The van der Waals surface area contributed by atoms with E-state index in [4.69, 9.17) is 16.3 Å². The maximum absolute atomic E-state index is 13.2. The molecule has 31 heavy (non-hydrogen) atoms. The van der Waals surface area contributed by atoms with Crippen molar-refractivity contribution in [2.45, 2.75) is 26.4 Å². The van der Waals surface area contributed by atoms with Gasteiger partial charge in [0.25, 0.3) is 11.1 Å². The van der Waals surface area contributed by atoms with E-state index < -0.39 is 29.4 Å². The van der Waals surface area contributed by atoms with Crippen LogP contribution in [0.25, 0.3) is 6.08 Å². The summed E-state index contributed by atoms with van der Waals surface area (Å²) in [7, 11) is 0. The minimum Gasteiger partial charge on any atom is -0.491 e. The highest BCUT2D eigenvalue weighted by atomic mass is 35.5. The highest BCUT2D eigenvalue weighted by Crippen LogP contribution is 2.32. The van der Waals surface area contributed by atoms with Gasteiger partial charge in [0.1, 0.15) is 18.1 Å². The van der Waals surface area contributed by atoms with Crippen molar-refractivity contribution in [3.63, 3.8) is 0 Å². The minimum atomic E-state index is -0.616. The van der Waals surface area contributed by atoms with Gasteiger partial charge in [0.15, 0.2) is 0 Å². The number of thioether (sulfide) groups is 1. The lowest BCUT2D eigenvalue weighted by atomic mass is 10.2. The van der Waals surface area contributed by atoms with Gasteiger partial charge in [-0.3, -0.25) is 19.3 Å². The molecule has 2 aromatic carbocycles. The second kappa shape index (κ2) is 9.98. The Morgan fingerprint density at radius 1 is 1.26 bits per heavy atom. The fraction of sp³-hybridized carbons (Fsp3) is 0.227. The lowest BCUT2D eigenvalue weighted by molar-refractivity contribution is -0.127. The van der Waals surface area contributed by atoms with Crippen molar-refractivity contribution >= 4 is 52.2 Å². The molecule has 1 heterocycles. The van der Waals surface area contributed by atoms with E-state index in [0.717, 1.165) is 40.5 Å². The van der Waals surface area contributed by atoms with E-state index in [9.17, 15) is 18.8 Å². The van der Waals surface area contributed by atoms with Crippen LogP contribution in [0.4, 0.5) is 14.9 Å². The number of nitrogens with zero attached hydrogens (tertiary/aromatic N) is 1. The molecule has 0 aliphatic carbocycles. The first-order chi connectivity index (χ1) is 14.8. The number of anilines is 1. The lowest BCUT2D eigenvalue weighted by Gasteiger charge is -2.13. The number of carbonyl (C=O) groups excluding carboxylic acids is 3. The Morgan fingerprint density at radius 2 is 1.97 bits per heavy atom. The molecule has 1 atom stereocenters. The summed E-state index contributed by atoms with van der Waals surface area (Å²) >= 11 is 6.45. The summed E-state index contributed by atoms with van der Waals surface area (Å²) in [5, 5.41) is 1.80. The summed E-state index contributed by atoms with van der Waals surface area (Å²) in [6.07, 6.45) is 2.58. The quantitative estimate of drug-likeness (QED) is 0.563. The number of nitrogens with one attached hydrogen (secondary N) is 1. The number of halogens is 2. The van der Waals surface area contributed by atoms with Crippen LogP contribution in [0.3, 0.4) is 0 Å². The SMILES string of the molecule is CC[C@@H](C)Oc1ccc(/C=C2\SC(=O)N(CC(=O)Nc3ccc(F)c(Cl)c3)C2=O)cc1. The highest BCUT2D eigenvalue weighted by Gasteiger charge is 2.36. The Labute approximate surface area is 188 Å². The molecule has 3 rings (SSSR count). The zero-order valence-corrected chi connectivity index (χ0v) is 18.4. The largest absolute Gasteiger partial charge is 0.491 e. The Kier molecular flexibility index (Phi) is 7.35. The Hall–Kier alpha value is -2.84. The fourth-order valence-corrected chi connectivity index (χ4v) is 3.68. The van der Waals surface area contributed by atoms with Crippen molar-refractivity contribution in [2.75, 3.05) is 11.9 Å². The standard InChI is InChI=1S/C22H20ClFN2O4S/c1-3-13(2)30-16-7-4-14(5-8-16)10-19-21(28)26(22(29)31-19)12-20(27)25-15-6-9-18(24)17(23)11-15/h4-11,13H,3,12H2,1-2H3,(H,25,27)/b19-10-/t13-/m1/s1. The molecule has 162 valence electrons. The van der Waals surface area contributed by atoms with Crippen LogP contribution in [0, 0.1) is 5.82 Å². The minimum absolute atomic E-state index is 0.0967. The van der Waals surface area contributed by atoms with Crippen LogP contribution in [0.2, 0.25) is 5.02 Å². The average molecular weight is 463 g/mol. The number of hydrogen-bond donors (Lipinski definition) is 1. The van der Waals surface area contributed by atoms with Crippen LogP contribution in [0.5, 0.6) is 5.75 Å². The molecule has 1 fully saturated rings. The third-order valence-electron chi connectivity index (χ3n) is 4.47. The van der Waals surface area contributed by atoms with E-state index in [1.54, 1.807) is 30.3 Å². The lowest BCUT2D eigenvalue weighted by Crippen LogP contribution is -2.36. The first-order valence-electron chi connectivity index (χ1n) is 9.53. The molecule has 3 amide bonds. The van der Waals surface area contributed by atoms with Crippen molar-refractivity contribution in [3.8, 4) is 5.75 Å². The first kappa shape index (κ1) is 22.8. The fourth-order valence-electron chi connectivity index (χ4n) is 2.66. The summed E-state index contributed by atoms with van der Waals surface area (Å²) < 4.78 is 18.9. The van der Waals surface area contributed by atoms with Gasteiger partial charge < -0.3 is 10.1 Å². The van der Waals surface area contributed by atoms with Gasteiger partial charge in [-0.25, -0.2) is 4.39 Å². The maximum Gasteiger partial charge on any atom is 0.294 e. The third kappa shape index (κ3) is 5.86. The van der Waals surface area contributed by atoms with Gasteiger partial charge in [-0.15, -0.1) is 0 Å². The number of ether oxygens (including phenoxy) is 1. The summed E-state index contributed by atoms with van der Waals surface area (Å²) in [4.78, 5) is 38.1. The van der Waals surface area contributed by atoms with Crippen molar-refractivity contribution in [2.24, 2.45) is 0 Å². The van der Waals surface area contributed by atoms with Crippen molar-refractivity contribution in [3.05, 3.63) is 63.8 Å². The zero-order chi connectivity index (χ0) is 22.5. The van der Waals surface area contributed by atoms with E-state index in [-0.39, 0.29) is 21.7 Å². The molecule has 0 radical (unpaired) electrons. The number of rotatable bonds is 7. The first-order valence-corrected chi connectivity index (χ1v) is 10.7. The summed E-state index contributed by atoms with van der Waals surface area (Å²) in [6, 6.07) is 10.9. The molecular formula is C22H20ClFN2O4S. The topological polar surface area (TPSA) is 75.7 Å². The molecule has 1 saturated heterocycles. The monoisotopic (exact) mass is 462 g/mol. The van der Waals surface area contributed by atoms with Crippen LogP contribution in [-0.2, 0) is 9.59 Å². The summed E-state index contributed by atoms with van der Waals surface area (Å²) in [5.74, 6) is -1.05. The van der Waals surface area contributed by atoms with Crippen LogP contribution in [0.1, 0.15) is 25.8 Å². The van der Waals surface area contributed by atoms with Crippen LogP contribution in [0.15, 0.2) is 47.4 Å². The van der Waals surface area contributed by atoms with Crippen molar-refractivity contribution in [1.82, 2.24) is 4.90 Å². The van der Waals surface area contributed by atoms with Gasteiger partial charge in [0.05, 0.1) is 16.0 Å². The molecular weight excluding hydrogens is 443 g/mol. The molecule has 6 nitrogen and oxygen atoms in total. The Balaban J connectivity index is 1.64. The number of benzene rings is 2. The third-order valence-corrected chi connectivity index (χ3v) is 5.67. The number of hydrogen-bond acceptors (Lipinski definition) is 5. The van der Waals surface area contributed by atoms with E-state index >= 15 is 0 Å². The van der Waals surface area contributed by atoms with Gasteiger partial charge in [0.2, 0.25) is 5.91 Å². The molecule has 0 spiro atoms. The summed E-state index contributed by atoms with van der Waals surface area (Å²) in [5.41, 5.74) is 0.992. The predicted molar refractivity (Wildman–Crippen MR) is 120 cm³/mol. The molecule has 9 heteroatoms. The van der Waals surface area contributed by atoms with E-state index in [1.165, 1.54) is 12.1 Å². The normalized spacial score (nSPS) is 16.0. The van der Waals surface area contributed by atoms with E-state index in [2.05, 4.69) is 5.32 Å². The second-order valence-corrected chi connectivity index (χ2v) is 8.25. The molecule has 1 aliphatic heterocycles. The predicted octanol–water partition coefficient (Wildman–Crippen LogP) is 5.33. The molecule has 1 aliphatic rings. The number of amides is 3. The van der Waals surface area contributed by atoms with E-state index in [0.29, 0.717) is 0 Å². The second-order valence-electron chi connectivity index (χ2n) is 6.85. The van der Waals surface area contributed by atoms with Gasteiger partial charge in [-0.05, 0) is 67.1 Å². The smallest absolute Gasteiger partial charge is 0.294 e. The van der Waals surface area contributed by atoms with Crippen molar-refractivity contribution in [1.29, 1.82) is 0 Å². The molecule has 0 bridgehead atoms. The van der Waals surface area contributed by atoms with Gasteiger partial charge in [-0.1, -0.05) is 30.7 Å². The van der Waals surface area contributed by atoms with Gasteiger partial charge in [0, 0.05) is 5.69 Å². The molecule has 1 N–H and O–H groups in total. The Bertz CT molecular complexity index is 1040. The molecule has 0 unspecified atom stereocenters. The number of carbonyl (C=O) groups is 3.